The molecule has 5 N–H and O–H groups in total. The maximum absolute atomic E-state index is 11.9. The van der Waals surface area contributed by atoms with E-state index in [1.807, 2.05) is 24.3 Å². The Labute approximate surface area is 133 Å². The fourth-order valence-electron chi connectivity index (χ4n) is 2.04. The van der Waals surface area contributed by atoms with Crippen molar-refractivity contribution in [3.8, 4) is 11.1 Å². The third-order valence-electron chi connectivity index (χ3n) is 3.30. The average molecular weight is 311 g/mol. The van der Waals surface area contributed by atoms with Gasteiger partial charge < -0.3 is 16.2 Å². The third kappa shape index (κ3) is 4.41. The van der Waals surface area contributed by atoms with Crippen LogP contribution < -0.4 is 11.1 Å². The predicted octanol–water partition coefficient (Wildman–Crippen LogP) is 1.84. The molecule has 0 heterocycles. The number of carboxylic acid groups (broad SMARTS) is 1. The molecular weight excluding hydrogens is 294 g/mol. The molecule has 6 nitrogen and oxygen atoms in total. The second kappa shape index (κ2) is 7.22. The van der Waals surface area contributed by atoms with Crippen molar-refractivity contribution in [2.45, 2.75) is 6.42 Å². The SMILES string of the molecule is N=C(N)c1ccc(-c2ccc(C(=O)NCCC(=O)O)cc2)cc1. The van der Waals surface area contributed by atoms with Crippen LogP contribution in [0.25, 0.3) is 11.1 Å². The first-order chi connectivity index (χ1) is 11.0. The van der Waals surface area contributed by atoms with Crippen LogP contribution in [0.1, 0.15) is 22.3 Å². The first kappa shape index (κ1) is 16.2. The van der Waals surface area contributed by atoms with Gasteiger partial charge in [0.05, 0.1) is 6.42 Å². The molecule has 0 fully saturated rings. The Hall–Kier alpha value is -3.15. The van der Waals surface area contributed by atoms with Gasteiger partial charge in [-0.1, -0.05) is 36.4 Å². The molecule has 0 atom stereocenters. The average Bonchev–Trinajstić information content (AvgIpc) is 2.54. The number of rotatable bonds is 6. The van der Waals surface area contributed by atoms with E-state index in [4.69, 9.17) is 16.2 Å². The Bertz CT molecular complexity index is 722. The lowest BCUT2D eigenvalue weighted by Crippen LogP contribution is -2.25. The lowest BCUT2D eigenvalue weighted by Gasteiger charge is -2.06. The summed E-state index contributed by atoms with van der Waals surface area (Å²) in [4.78, 5) is 22.3. The third-order valence-corrected chi connectivity index (χ3v) is 3.30. The summed E-state index contributed by atoms with van der Waals surface area (Å²) in [5, 5.41) is 18.5. The summed E-state index contributed by atoms with van der Waals surface area (Å²) in [5.74, 6) is -1.23. The van der Waals surface area contributed by atoms with Crippen molar-refractivity contribution in [3.05, 3.63) is 59.7 Å². The molecule has 2 aromatic carbocycles. The van der Waals surface area contributed by atoms with Crippen LogP contribution in [0.15, 0.2) is 48.5 Å². The van der Waals surface area contributed by atoms with Crippen molar-refractivity contribution in [1.82, 2.24) is 5.32 Å². The fourth-order valence-corrected chi connectivity index (χ4v) is 2.04. The molecule has 23 heavy (non-hydrogen) atoms. The highest BCUT2D eigenvalue weighted by molar-refractivity contribution is 5.96. The normalized spacial score (nSPS) is 10.1. The van der Waals surface area contributed by atoms with Crippen molar-refractivity contribution in [1.29, 1.82) is 5.41 Å². The van der Waals surface area contributed by atoms with E-state index in [9.17, 15) is 9.59 Å². The number of amides is 1. The van der Waals surface area contributed by atoms with E-state index in [1.54, 1.807) is 24.3 Å². The van der Waals surface area contributed by atoms with Gasteiger partial charge in [-0.25, -0.2) is 0 Å². The zero-order valence-electron chi connectivity index (χ0n) is 12.4. The van der Waals surface area contributed by atoms with Gasteiger partial charge in [0.1, 0.15) is 5.84 Å². The monoisotopic (exact) mass is 311 g/mol. The van der Waals surface area contributed by atoms with Crippen molar-refractivity contribution < 1.29 is 14.7 Å². The number of aliphatic carboxylic acids is 1. The summed E-state index contributed by atoms with van der Waals surface area (Å²) < 4.78 is 0. The zero-order valence-corrected chi connectivity index (χ0v) is 12.4. The first-order valence-corrected chi connectivity index (χ1v) is 7.02. The summed E-state index contributed by atoms with van der Waals surface area (Å²) in [6.07, 6.45) is -0.105. The first-order valence-electron chi connectivity index (χ1n) is 7.02. The van der Waals surface area contributed by atoms with E-state index < -0.39 is 5.97 Å². The molecule has 0 aliphatic heterocycles. The second-order valence-electron chi connectivity index (χ2n) is 4.97. The predicted molar refractivity (Wildman–Crippen MR) is 87.5 cm³/mol. The van der Waals surface area contributed by atoms with Gasteiger partial charge >= 0.3 is 5.97 Å². The van der Waals surface area contributed by atoms with E-state index >= 15 is 0 Å². The summed E-state index contributed by atoms with van der Waals surface area (Å²) in [5.41, 5.74) is 8.43. The van der Waals surface area contributed by atoms with Crippen molar-refractivity contribution in [2.24, 2.45) is 5.73 Å². The fraction of sp³-hybridized carbons (Fsp3) is 0.118. The smallest absolute Gasteiger partial charge is 0.305 e. The van der Waals surface area contributed by atoms with E-state index in [0.717, 1.165) is 11.1 Å². The molecule has 0 bridgehead atoms. The lowest BCUT2D eigenvalue weighted by atomic mass is 10.0. The van der Waals surface area contributed by atoms with E-state index in [0.29, 0.717) is 11.1 Å². The van der Waals surface area contributed by atoms with Gasteiger partial charge in [-0.15, -0.1) is 0 Å². The molecule has 118 valence electrons. The van der Waals surface area contributed by atoms with E-state index in [2.05, 4.69) is 5.32 Å². The molecule has 6 heteroatoms. The minimum atomic E-state index is -0.949. The van der Waals surface area contributed by atoms with Gasteiger partial charge in [-0.2, -0.15) is 0 Å². The van der Waals surface area contributed by atoms with Gasteiger partial charge in [0.25, 0.3) is 5.91 Å². The number of amidine groups is 1. The summed E-state index contributed by atoms with van der Waals surface area (Å²) in [6.45, 7) is 0.0996. The Kier molecular flexibility index (Phi) is 5.09. The molecular formula is C17H17N3O3. The number of carbonyl (C=O) groups excluding carboxylic acids is 1. The van der Waals surface area contributed by atoms with Crippen LogP contribution >= 0.6 is 0 Å². The van der Waals surface area contributed by atoms with Crippen LogP contribution in [-0.4, -0.2) is 29.4 Å². The van der Waals surface area contributed by atoms with Crippen LogP contribution in [0.3, 0.4) is 0 Å². The number of carbonyl (C=O) groups is 2. The minimum absolute atomic E-state index is 0.0185. The summed E-state index contributed by atoms with van der Waals surface area (Å²) >= 11 is 0. The van der Waals surface area contributed by atoms with Crippen LogP contribution in [0.5, 0.6) is 0 Å². The van der Waals surface area contributed by atoms with Crippen molar-refractivity contribution >= 4 is 17.7 Å². The maximum Gasteiger partial charge on any atom is 0.305 e. The lowest BCUT2D eigenvalue weighted by molar-refractivity contribution is -0.136. The number of nitrogens with two attached hydrogens (primary N) is 1. The molecule has 0 aliphatic rings. The van der Waals surface area contributed by atoms with Gasteiger partial charge in [-0.3, -0.25) is 15.0 Å². The highest BCUT2D eigenvalue weighted by Crippen LogP contribution is 2.20. The molecule has 0 saturated heterocycles. The Morgan fingerprint density at radius 1 is 0.957 bits per heavy atom. The minimum Gasteiger partial charge on any atom is -0.481 e. The van der Waals surface area contributed by atoms with Gasteiger partial charge in [-0.05, 0) is 23.3 Å². The molecule has 0 saturated carbocycles. The number of benzene rings is 2. The van der Waals surface area contributed by atoms with Crippen LogP contribution in [0.2, 0.25) is 0 Å². The van der Waals surface area contributed by atoms with Crippen molar-refractivity contribution in [2.75, 3.05) is 6.54 Å². The molecule has 1 amide bonds. The largest absolute Gasteiger partial charge is 0.481 e. The quantitative estimate of drug-likeness (QED) is 0.481. The number of nitrogens with one attached hydrogen (secondary N) is 2. The van der Waals surface area contributed by atoms with Gasteiger partial charge in [0.15, 0.2) is 0 Å². The second-order valence-corrected chi connectivity index (χ2v) is 4.97. The van der Waals surface area contributed by atoms with Crippen molar-refractivity contribution in [3.63, 3.8) is 0 Å². The number of carboxylic acids is 1. The Morgan fingerprint density at radius 3 is 1.87 bits per heavy atom. The molecule has 2 aromatic rings. The van der Waals surface area contributed by atoms with Crippen LogP contribution in [-0.2, 0) is 4.79 Å². The zero-order chi connectivity index (χ0) is 16.8. The molecule has 2 rings (SSSR count). The Balaban J connectivity index is 2.05. The van der Waals surface area contributed by atoms with Crippen LogP contribution in [0, 0.1) is 5.41 Å². The topological polar surface area (TPSA) is 116 Å². The van der Waals surface area contributed by atoms with Gasteiger partial charge in [0.2, 0.25) is 0 Å². The highest BCUT2D eigenvalue weighted by Gasteiger charge is 2.07. The molecule has 0 unspecified atom stereocenters. The van der Waals surface area contributed by atoms with Gasteiger partial charge in [0, 0.05) is 17.7 Å². The summed E-state index contributed by atoms with van der Waals surface area (Å²) in [6, 6.07) is 14.3. The standard InChI is InChI=1S/C17H17N3O3/c18-16(19)13-5-1-11(2-6-13)12-3-7-14(8-4-12)17(23)20-10-9-15(21)22/h1-8H,9-10H2,(H3,18,19)(H,20,23)(H,21,22). The number of hydrogen-bond acceptors (Lipinski definition) is 3. The van der Waals surface area contributed by atoms with E-state index in [1.165, 1.54) is 0 Å². The molecule has 0 aliphatic carbocycles. The van der Waals surface area contributed by atoms with E-state index in [-0.39, 0.29) is 24.7 Å². The molecule has 0 aromatic heterocycles. The highest BCUT2D eigenvalue weighted by atomic mass is 16.4. The Morgan fingerprint density at radius 2 is 1.43 bits per heavy atom. The number of nitrogen functional groups attached to an aromatic ring is 1. The van der Waals surface area contributed by atoms with Crippen LogP contribution in [0.4, 0.5) is 0 Å². The number of hydrogen-bond donors (Lipinski definition) is 4. The molecule has 0 radical (unpaired) electrons. The summed E-state index contributed by atoms with van der Waals surface area (Å²) in [7, 11) is 0. The maximum atomic E-state index is 11.9. The molecule has 0 spiro atoms.